The van der Waals surface area contributed by atoms with Gasteiger partial charge in [0.25, 0.3) is 0 Å². The summed E-state index contributed by atoms with van der Waals surface area (Å²) in [7, 11) is 0. The Bertz CT molecular complexity index is 868. The second-order valence-corrected chi connectivity index (χ2v) is 8.61. The Morgan fingerprint density at radius 2 is 1.58 bits per heavy atom. The summed E-state index contributed by atoms with van der Waals surface area (Å²) in [6, 6.07) is 16.4. The van der Waals surface area contributed by atoms with E-state index in [1.807, 2.05) is 30.3 Å². The maximum absolute atomic E-state index is 11.7. The van der Waals surface area contributed by atoms with Gasteiger partial charge in [0.1, 0.15) is 23.7 Å². The zero-order valence-electron chi connectivity index (χ0n) is 19.4. The number of ether oxygens (including phenoxy) is 2. The summed E-state index contributed by atoms with van der Waals surface area (Å²) in [6.45, 7) is 2.55. The predicted molar refractivity (Wildman–Crippen MR) is 126 cm³/mol. The summed E-state index contributed by atoms with van der Waals surface area (Å²) in [5, 5.41) is 11.7. The zero-order valence-corrected chi connectivity index (χ0v) is 19.4. The van der Waals surface area contributed by atoms with Crippen LogP contribution in [0.2, 0.25) is 0 Å². The molecular formula is C27H34NO5-. The van der Waals surface area contributed by atoms with Crippen molar-refractivity contribution in [2.45, 2.75) is 70.8 Å². The van der Waals surface area contributed by atoms with Crippen molar-refractivity contribution < 1.29 is 24.2 Å². The molecule has 2 aromatic carbocycles. The summed E-state index contributed by atoms with van der Waals surface area (Å²) in [4.78, 5) is 24.6. The third-order valence-electron chi connectivity index (χ3n) is 6.11. The quantitative estimate of drug-likeness (QED) is 0.271. The van der Waals surface area contributed by atoms with Crippen molar-refractivity contribution >= 4 is 17.7 Å². The number of amides is 1. The topological polar surface area (TPSA) is 78.9 Å². The molecule has 0 spiro atoms. The molecule has 0 N–H and O–H groups in total. The van der Waals surface area contributed by atoms with Gasteiger partial charge in [-0.3, -0.25) is 4.79 Å². The highest BCUT2D eigenvalue weighted by molar-refractivity contribution is 5.84. The van der Waals surface area contributed by atoms with E-state index in [0.717, 1.165) is 44.3 Å². The van der Waals surface area contributed by atoms with Crippen molar-refractivity contribution in [1.82, 2.24) is 0 Å². The Labute approximate surface area is 196 Å². The first-order valence-electron chi connectivity index (χ1n) is 12.1. The van der Waals surface area contributed by atoms with Gasteiger partial charge in [-0.1, -0.05) is 57.2 Å². The monoisotopic (exact) mass is 452 g/mol. The minimum Gasteiger partial charge on any atom is -0.530 e. The molecule has 178 valence electrons. The number of unbranched alkanes of at least 4 members (excludes halogenated alkanes) is 5. The molecule has 0 saturated carbocycles. The van der Waals surface area contributed by atoms with Gasteiger partial charge >= 0.3 is 5.97 Å². The first kappa shape index (κ1) is 24.6. The lowest BCUT2D eigenvalue weighted by Gasteiger charge is -2.35. The minimum atomic E-state index is -1.22. The molecule has 1 heterocycles. The fraction of sp³-hybridized carbons (Fsp3) is 0.481. The van der Waals surface area contributed by atoms with Gasteiger partial charge in [-0.25, -0.2) is 0 Å². The third kappa shape index (κ3) is 7.52. The maximum Gasteiger partial charge on any atom is 0.313 e. The summed E-state index contributed by atoms with van der Waals surface area (Å²) in [6.07, 6.45) is 7.75. The van der Waals surface area contributed by atoms with Gasteiger partial charge in [-0.2, -0.15) is 0 Å². The van der Waals surface area contributed by atoms with E-state index in [2.05, 4.69) is 6.92 Å². The van der Waals surface area contributed by atoms with Gasteiger partial charge in [-0.05, 0) is 62.1 Å². The van der Waals surface area contributed by atoms with Gasteiger partial charge in [0, 0.05) is 12.2 Å². The number of cyclic esters (lactones) is 1. The molecule has 1 amide bonds. The number of nitrogens with zero attached hydrogens (tertiary/aromatic N) is 1. The van der Waals surface area contributed by atoms with Crippen LogP contribution in [0.15, 0.2) is 54.6 Å². The molecule has 0 aromatic heterocycles. The third-order valence-corrected chi connectivity index (χ3v) is 6.11. The highest BCUT2D eigenvalue weighted by Gasteiger charge is 2.40. The highest BCUT2D eigenvalue weighted by Crippen LogP contribution is 2.31. The molecule has 0 bridgehead atoms. The number of para-hydroxylation sites is 1. The van der Waals surface area contributed by atoms with Crippen LogP contribution in [-0.2, 0) is 9.53 Å². The largest absolute Gasteiger partial charge is 0.530 e. The van der Waals surface area contributed by atoms with Crippen LogP contribution in [0.5, 0.6) is 11.5 Å². The van der Waals surface area contributed by atoms with Crippen LogP contribution in [0.25, 0.3) is 0 Å². The molecule has 6 nitrogen and oxygen atoms in total. The average molecular weight is 453 g/mol. The van der Waals surface area contributed by atoms with E-state index in [-0.39, 0.29) is 18.0 Å². The number of hydrogen-bond acceptors (Lipinski definition) is 5. The SMILES string of the molecule is CCCCCCC1C(=O)OC1CCCCCN(C(=O)[O-])c1ccc(Oc2ccccc2)cc1. The molecule has 1 fully saturated rings. The normalized spacial score (nSPS) is 17.2. The molecule has 1 saturated heterocycles. The summed E-state index contributed by atoms with van der Waals surface area (Å²) in [5.74, 6) is 1.36. The Morgan fingerprint density at radius 3 is 2.24 bits per heavy atom. The van der Waals surface area contributed by atoms with E-state index in [1.54, 1.807) is 24.3 Å². The molecule has 3 rings (SSSR count). The second kappa shape index (κ2) is 12.9. The number of rotatable bonds is 14. The van der Waals surface area contributed by atoms with Crippen molar-refractivity contribution in [1.29, 1.82) is 0 Å². The van der Waals surface area contributed by atoms with E-state index >= 15 is 0 Å². The Hall–Kier alpha value is -3.02. The van der Waals surface area contributed by atoms with Crippen LogP contribution < -0.4 is 14.7 Å². The van der Waals surface area contributed by atoms with E-state index in [0.29, 0.717) is 18.0 Å². The Morgan fingerprint density at radius 1 is 0.909 bits per heavy atom. The molecule has 2 atom stereocenters. The number of esters is 1. The lowest BCUT2D eigenvalue weighted by Crippen LogP contribution is -2.45. The van der Waals surface area contributed by atoms with Crippen molar-refractivity contribution in [2.75, 3.05) is 11.4 Å². The Balaban J connectivity index is 1.39. The number of anilines is 1. The summed E-state index contributed by atoms with van der Waals surface area (Å²) in [5.41, 5.74) is 0.565. The van der Waals surface area contributed by atoms with Crippen LogP contribution in [0.3, 0.4) is 0 Å². The van der Waals surface area contributed by atoms with Crippen molar-refractivity contribution in [3.63, 3.8) is 0 Å². The molecule has 2 unspecified atom stereocenters. The van der Waals surface area contributed by atoms with Gasteiger partial charge < -0.3 is 24.3 Å². The van der Waals surface area contributed by atoms with E-state index < -0.39 is 6.09 Å². The van der Waals surface area contributed by atoms with Crippen LogP contribution in [0, 0.1) is 5.92 Å². The second-order valence-electron chi connectivity index (χ2n) is 8.61. The highest BCUT2D eigenvalue weighted by atomic mass is 16.6. The van der Waals surface area contributed by atoms with Crippen molar-refractivity contribution in [3.05, 3.63) is 54.6 Å². The lowest BCUT2D eigenvalue weighted by molar-refractivity contribution is -0.246. The minimum absolute atomic E-state index is 0.0357. The van der Waals surface area contributed by atoms with Gasteiger partial charge in [0.05, 0.1) is 5.92 Å². The zero-order chi connectivity index (χ0) is 23.5. The molecule has 0 aliphatic carbocycles. The molecule has 1 aliphatic heterocycles. The summed E-state index contributed by atoms with van der Waals surface area (Å²) < 4.78 is 11.1. The van der Waals surface area contributed by atoms with Crippen molar-refractivity contribution in [3.8, 4) is 11.5 Å². The molecule has 33 heavy (non-hydrogen) atoms. The number of hydrogen-bond donors (Lipinski definition) is 0. The van der Waals surface area contributed by atoms with Crippen LogP contribution in [0.4, 0.5) is 10.5 Å². The molecule has 2 aromatic rings. The van der Waals surface area contributed by atoms with Crippen molar-refractivity contribution in [2.24, 2.45) is 5.92 Å². The van der Waals surface area contributed by atoms with E-state index in [9.17, 15) is 14.7 Å². The average Bonchev–Trinajstić information content (AvgIpc) is 2.81. The van der Waals surface area contributed by atoms with Crippen LogP contribution in [0.1, 0.15) is 64.7 Å². The number of carbonyl (C=O) groups is 2. The van der Waals surface area contributed by atoms with Crippen LogP contribution in [-0.4, -0.2) is 24.7 Å². The van der Waals surface area contributed by atoms with Gasteiger partial charge in [0.2, 0.25) is 0 Å². The number of carboxylic acid groups (broad SMARTS) is 1. The van der Waals surface area contributed by atoms with Gasteiger partial charge in [0.15, 0.2) is 0 Å². The number of carbonyl (C=O) groups excluding carboxylic acids is 2. The molecular weight excluding hydrogens is 418 g/mol. The predicted octanol–water partition coefficient (Wildman–Crippen LogP) is 5.70. The van der Waals surface area contributed by atoms with E-state index in [4.69, 9.17) is 9.47 Å². The number of benzene rings is 2. The molecule has 6 heteroatoms. The maximum atomic E-state index is 11.7. The fourth-order valence-corrected chi connectivity index (χ4v) is 4.19. The van der Waals surface area contributed by atoms with Crippen LogP contribution >= 0.6 is 0 Å². The molecule has 1 aliphatic rings. The Kier molecular flexibility index (Phi) is 9.60. The van der Waals surface area contributed by atoms with E-state index in [1.165, 1.54) is 24.2 Å². The standard InChI is InChI=1S/C27H35NO5/c1-2-3-4-9-14-24-25(33-26(24)29)15-10-6-11-20-28(27(30)31)21-16-18-23(19-17-21)32-22-12-7-5-8-13-22/h5,7-8,12-13,16-19,24-25H,2-4,6,9-11,14-15,20H2,1H3,(H,30,31)/p-1. The lowest BCUT2D eigenvalue weighted by atomic mass is 9.87. The molecule has 0 radical (unpaired) electrons. The first-order valence-corrected chi connectivity index (χ1v) is 12.1. The smallest absolute Gasteiger partial charge is 0.313 e. The summed E-state index contributed by atoms with van der Waals surface area (Å²) >= 11 is 0. The van der Waals surface area contributed by atoms with Gasteiger partial charge in [-0.15, -0.1) is 0 Å². The fourth-order valence-electron chi connectivity index (χ4n) is 4.19. The first-order chi connectivity index (χ1) is 16.1.